The van der Waals surface area contributed by atoms with Crippen molar-refractivity contribution in [1.29, 1.82) is 0 Å². The highest BCUT2D eigenvalue weighted by molar-refractivity contribution is 6.33. The van der Waals surface area contributed by atoms with Crippen LogP contribution in [0.25, 0.3) is 0 Å². The molecule has 116 valence electrons. The molecule has 21 heavy (non-hydrogen) atoms. The van der Waals surface area contributed by atoms with E-state index in [1.54, 1.807) is 0 Å². The SMILES string of the molecule is CCCNC(Cc1cc(Cl)ccc1Cl)C1CC2CCC1C2. The van der Waals surface area contributed by atoms with Crippen molar-refractivity contribution in [1.82, 2.24) is 5.32 Å². The van der Waals surface area contributed by atoms with Crippen LogP contribution in [0.5, 0.6) is 0 Å². The molecule has 1 nitrogen and oxygen atoms in total. The summed E-state index contributed by atoms with van der Waals surface area (Å²) in [6.07, 6.45) is 7.94. The van der Waals surface area contributed by atoms with Crippen LogP contribution in [0, 0.1) is 17.8 Å². The molecule has 0 aromatic heterocycles. The van der Waals surface area contributed by atoms with E-state index in [1.807, 2.05) is 18.2 Å². The number of fused-ring (bicyclic) bond motifs is 2. The molecule has 0 radical (unpaired) electrons. The van der Waals surface area contributed by atoms with Crippen molar-refractivity contribution < 1.29 is 0 Å². The summed E-state index contributed by atoms with van der Waals surface area (Å²) in [6, 6.07) is 6.39. The summed E-state index contributed by atoms with van der Waals surface area (Å²) in [6.45, 7) is 3.33. The van der Waals surface area contributed by atoms with E-state index in [1.165, 1.54) is 37.7 Å². The van der Waals surface area contributed by atoms with Crippen LogP contribution in [0.3, 0.4) is 0 Å². The van der Waals surface area contributed by atoms with E-state index >= 15 is 0 Å². The van der Waals surface area contributed by atoms with E-state index in [9.17, 15) is 0 Å². The molecule has 1 N–H and O–H groups in total. The highest BCUT2D eigenvalue weighted by Crippen LogP contribution is 2.50. The van der Waals surface area contributed by atoms with Gasteiger partial charge in [0.2, 0.25) is 0 Å². The molecule has 0 amide bonds. The van der Waals surface area contributed by atoms with E-state index < -0.39 is 0 Å². The minimum atomic E-state index is 0.552. The first kappa shape index (κ1) is 15.6. The minimum absolute atomic E-state index is 0.552. The molecule has 4 unspecified atom stereocenters. The second-order valence-electron chi connectivity index (χ2n) is 6.84. The quantitative estimate of drug-likeness (QED) is 0.744. The van der Waals surface area contributed by atoms with Crippen LogP contribution in [0.2, 0.25) is 10.0 Å². The fourth-order valence-electron chi connectivity index (χ4n) is 4.43. The van der Waals surface area contributed by atoms with Crippen molar-refractivity contribution in [2.24, 2.45) is 17.8 Å². The highest BCUT2D eigenvalue weighted by atomic mass is 35.5. The molecular weight excluding hydrogens is 301 g/mol. The average Bonchev–Trinajstić information content (AvgIpc) is 3.09. The summed E-state index contributed by atoms with van der Waals surface area (Å²) >= 11 is 12.5. The first-order chi connectivity index (χ1) is 10.2. The van der Waals surface area contributed by atoms with Gasteiger partial charge in [-0.1, -0.05) is 36.5 Å². The maximum absolute atomic E-state index is 6.37. The van der Waals surface area contributed by atoms with E-state index in [-0.39, 0.29) is 0 Å². The van der Waals surface area contributed by atoms with E-state index in [0.29, 0.717) is 6.04 Å². The molecule has 2 fully saturated rings. The normalized spacial score (nSPS) is 29.0. The van der Waals surface area contributed by atoms with E-state index in [0.717, 1.165) is 40.8 Å². The Balaban J connectivity index is 1.74. The Morgan fingerprint density at radius 2 is 2.10 bits per heavy atom. The summed E-state index contributed by atoms with van der Waals surface area (Å²) in [5, 5.41) is 5.43. The largest absolute Gasteiger partial charge is 0.313 e. The molecule has 0 spiro atoms. The van der Waals surface area contributed by atoms with Gasteiger partial charge in [0.15, 0.2) is 0 Å². The van der Waals surface area contributed by atoms with Gasteiger partial charge >= 0.3 is 0 Å². The Morgan fingerprint density at radius 1 is 1.24 bits per heavy atom. The van der Waals surface area contributed by atoms with Crippen LogP contribution in [-0.2, 0) is 6.42 Å². The third-order valence-electron chi connectivity index (χ3n) is 5.41. The van der Waals surface area contributed by atoms with Crippen LogP contribution in [-0.4, -0.2) is 12.6 Å². The van der Waals surface area contributed by atoms with Gasteiger partial charge < -0.3 is 5.32 Å². The monoisotopic (exact) mass is 325 g/mol. The molecular formula is C18H25Cl2N. The maximum atomic E-state index is 6.37. The summed E-state index contributed by atoms with van der Waals surface area (Å²) < 4.78 is 0. The van der Waals surface area contributed by atoms with Crippen LogP contribution in [0.1, 0.15) is 44.6 Å². The van der Waals surface area contributed by atoms with Crippen molar-refractivity contribution in [3.63, 3.8) is 0 Å². The second kappa shape index (κ2) is 6.89. The lowest BCUT2D eigenvalue weighted by molar-refractivity contribution is 0.247. The smallest absolute Gasteiger partial charge is 0.0439 e. The Labute approximate surface area is 138 Å². The molecule has 0 aliphatic heterocycles. The summed E-state index contributed by atoms with van der Waals surface area (Å²) in [5.74, 6) is 2.74. The fourth-order valence-corrected chi connectivity index (χ4v) is 4.82. The van der Waals surface area contributed by atoms with Gasteiger partial charge in [-0.05, 0) is 80.2 Å². The van der Waals surface area contributed by atoms with Gasteiger partial charge in [-0.25, -0.2) is 0 Å². The van der Waals surface area contributed by atoms with Gasteiger partial charge in [0.1, 0.15) is 0 Å². The third-order valence-corrected chi connectivity index (χ3v) is 6.02. The van der Waals surface area contributed by atoms with Gasteiger partial charge in [0.05, 0.1) is 0 Å². The third kappa shape index (κ3) is 3.57. The lowest BCUT2D eigenvalue weighted by Crippen LogP contribution is -2.40. The summed E-state index contributed by atoms with van der Waals surface area (Å²) in [7, 11) is 0. The highest BCUT2D eigenvalue weighted by Gasteiger charge is 2.42. The van der Waals surface area contributed by atoms with Crippen molar-refractivity contribution >= 4 is 23.2 Å². The van der Waals surface area contributed by atoms with E-state index in [2.05, 4.69) is 12.2 Å². The maximum Gasteiger partial charge on any atom is 0.0439 e. The van der Waals surface area contributed by atoms with Crippen LogP contribution in [0.15, 0.2) is 18.2 Å². The lowest BCUT2D eigenvalue weighted by atomic mass is 9.81. The number of hydrogen-bond donors (Lipinski definition) is 1. The Morgan fingerprint density at radius 3 is 2.76 bits per heavy atom. The van der Waals surface area contributed by atoms with Crippen molar-refractivity contribution in [3.8, 4) is 0 Å². The predicted octanol–water partition coefficient (Wildman–Crippen LogP) is 5.34. The number of benzene rings is 1. The Hall–Kier alpha value is -0.240. The molecule has 3 heteroatoms. The lowest BCUT2D eigenvalue weighted by Gasteiger charge is -2.32. The molecule has 3 rings (SSSR count). The first-order valence-electron chi connectivity index (χ1n) is 8.34. The molecule has 4 atom stereocenters. The summed E-state index contributed by atoms with van der Waals surface area (Å²) in [5.41, 5.74) is 1.19. The number of halogens is 2. The number of rotatable bonds is 6. The van der Waals surface area contributed by atoms with Gasteiger partial charge in [0, 0.05) is 16.1 Å². The van der Waals surface area contributed by atoms with Crippen LogP contribution >= 0.6 is 23.2 Å². The molecule has 1 aromatic rings. The summed E-state index contributed by atoms with van der Waals surface area (Å²) in [4.78, 5) is 0. The molecule has 2 aliphatic rings. The zero-order valence-electron chi connectivity index (χ0n) is 12.7. The Bertz CT molecular complexity index is 488. The average molecular weight is 326 g/mol. The van der Waals surface area contributed by atoms with Gasteiger partial charge in [0.25, 0.3) is 0 Å². The van der Waals surface area contributed by atoms with Gasteiger partial charge in [-0.3, -0.25) is 0 Å². The fraction of sp³-hybridized carbons (Fsp3) is 0.667. The molecule has 2 saturated carbocycles. The molecule has 1 aromatic carbocycles. The second-order valence-corrected chi connectivity index (χ2v) is 7.68. The first-order valence-corrected chi connectivity index (χ1v) is 9.10. The predicted molar refractivity (Wildman–Crippen MR) is 91.2 cm³/mol. The molecule has 2 aliphatic carbocycles. The van der Waals surface area contributed by atoms with Crippen LogP contribution in [0.4, 0.5) is 0 Å². The molecule has 0 saturated heterocycles. The standard InChI is InChI=1S/C18H25Cl2N/c1-2-7-21-18(16-9-12-3-4-13(16)8-12)11-14-10-15(19)5-6-17(14)20/h5-6,10,12-13,16,18,21H,2-4,7-9,11H2,1H3. The topological polar surface area (TPSA) is 12.0 Å². The zero-order chi connectivity index (χ0) is 14.8. The molecule has 2 bridgehead atoms. The van der Waals surface area contributed by atoms with Crippen molar-refractivity contribution in [2.75, 3.05) is 6.54 Å². The van der Waals surface area contributed by atoms with Crippen molar-refractivity contribution in [3.05, 3.63) is 33.8 Å². The van der Waals surface area contributed by atoms with Gasteiger partial charge in [-0.15, -0.1) is 0 Å². The number of hydrogen-bond acceptors (Lipinski definition) is 1. The number of nitrogens with one attached hydrogen (secondary N) is 1. The zero-order valence-corrected chi connectivity index (χ0v) is 14.3. The van der Waals surface area contributed by atoms with Gasteiger partial charge in [-0.2, -0.15) is 0 Å². The molecule has 0 heterocycles. The minimum Gasteiger partial charge on any atom is -0.313 e. The van der Waals surface area contributed by atoms with Crippen molar-refractivity contribution in [2.45, 2.75) is 51.5 Å². The Kier molecular flexibility index (Phi) is 5.14. The van der Waals surface area contributed by atoms with E-state index in [4.69, 9.17) is 23.2 Å². The van der Waals surface area contributed by atoms with Crippen LogP contribution < -0.4 is 5.32 Å².